The second-order valence-corrected chi connectivity index (χ2v) is 9.61. The third-order valence-electron chi connectivity index (χ3n) is 6.72. The summed E-state index contributed by atoms with van der Waals surface area (Å²) >= 11 is 0. The van der Waals surface area contributed by atoms with E-state index >= 15 is 0 Å². The van der Waals surface area contributed by atoms with Gasteiger partial charge in [0.25, 0.3) is 0 Å². The van der Waals surface area contributed by atoms with Crippen molar-refractivity contribution in [2.45, 2.75) is 71.5 Å². The molecule has 184 valence electrons. The van der Waals surface area contributed by atoms with Gasteiger partial charge in [0.15, 0.2) is 11.5 Å². The number of carbonyl (C=O) groups excluding carboxylic acids is 1. The molecule has 1 fully saturated rings. The summed E-state index contributed by atoms with van der Waals surface area (Å²) in [7, 11) is 1.87. The standard InChI is InChI=1S/C25H33N9O/c1-14(2)34-15(3)27-21-11-10-20(30-24(21)34)19-12-13-33-22(19)23(26-5)31-25(32-33)29-18-8-6-17(7-9-18)28-16(4)35/h10-14,17-18H,6-9H2,1-5H3,(H,28,35)(H2,26,29,31,32). The van der Waals surface area contributed by atoms with Gasteiger partial charge in [-0.05, 0) is 64.7 Å². The van der Waals surface area contributed by atoms with Crippen LogP contribution in [0.5, 0.6) is 0 Å². The Morgan fingerprint density at radius 2 is 1.80 bits per heavy atom. The Hall–Kier alpha value is -3.69. The zero-order valence-electron chi connectivity index (χ0n) is 21.0. The smallest absolute Gasteiger partial charge is 0.243 e. The molecule has 0 atom stereocenters. The van der Waals surface area contributed by atoms with Crippen LogP contribution in [0.15, 0.2) is 24.4 Å². The van der Waals surface area contributed by atoms with Crippen LogP contribution in [0.2, 0.25) is 0 Å². The third-order valence-corrected chi connectivity index (χ3v) is 6.72. The van der Waals surface area contributed by atoms with Gasteiger partial charge in [0.05, 0.1) is 5.69 Å². The van der Waals surface area contributed by atoms with Crippen LogP contribution in [0.3, 0.4) is 0 Å². The van der Waals surface area contributed by atoms with Gasteiger partial charge in [0, 0.05) is 43.9 Å². The molecule has 10 heteroatoms. The maximum absolute atomic E-state index is 11.3. The molecule has 0 spiro atoms. The topological polar surface area (TPSA) is 114 Å². The lowest BCUT2D eigenvalue weighted by atomic mass is 9.91. The van der Waals surface area contributed by atoms with E-state index in [1.54, 1.807) is 6.92 Å². The number of rotatable bonds is 6. The molecule has 4 aromatic rings. The minimum absolute atomic E-state index is 0.0368. The fraction of sp³-hybridized carbons (Fsp3) is 0.480. The lowest BCUT2D eigenvalue weighted by Gasteiger charge is -2.29. The van der Waals surface area contributed by atoms with Gasteiger partial charge in [-0.2, -0.15) is 4.98 Å². The van der Waals surface area contributed by atoms with Gasteiger partial charge in [-0.15, -0.1) is 5.10 Å². The summed E-state index contributed by atoms with van der Waals surface area (Å²) in [5.41, 5.74) is 4.49. The van der Waals surface area contributed by atoms with Crippen molar-refractivity contribution >= 4 is 34.4 Å². The van der Waals surface area contributed by atoms with Gasteiger partial charge in [-0.3, -0.25) is 4.79 Å². The highest BCUT2D eigenvalue weighted by atomic mass is 16.1. The Morgan fingerprint density at radius 1 is 1.06 bits per heavy atom. The predicted molar refractivity (Wildman–Crippen MR) is 138 cm³/mol. The molecule has 1 aliphatic rings. The first-order chi connectivity index (χ1) is 16.8. The number of carbonyl (C=O) groups is 1. The molecule has 1 amide bonds. The average Bonchev–Trinajstić information content (AvgIpc) is 3.39. The number of imidazole rings is 1. The second kappa shape index (κ2) is 9.16. The van der Waals surface area contributed by atoms with E-state index in [1.807, 2.05) is 42.9 Å². The number of hydrogen-bond acceptors (Lipinski definition) is 7. The van der Waals surface area contributed by atoms with Crippen LogP contribution < -0.4 is 16.0 Å². The van der Waals surface area contributed by atoms with Crippen LogP contribution in [-0.4, -0.2) is 54.2 Å². The highest BCUT2D eigenvalue weighted by Gasteiger charge is 2.23. The van der Waals surface area contributed by atoms with Crippen LogP contribution in [0.25, 0.3) is 27.9 Å². The molecule has 4 aromatic heterocycles. The van der Waals surface area contributed by atoms with Crippen LogP contribution in [-0.2, 0) is 4.79 Å². The molecule has 35 heavy (non-hydrogen) atoms. The number of anilines is 2. The summed E-state index contributed by atoms with van der Waals surface area (Å²) in [4.78, 5) is 25.8. The highest BCUT2D eigenvalue weighted by molar-refractivity contribution is 5.89. The van der Waals surface area contributed by atoms with Crippen molar-refractivity contribution in [3.8, 4) is 11.3 Å². The van der Waals surface area contributed by atoms with Gasteiger partial charge < -0.3 is 20.5 Å². The molecule has 0 aromatic carbocycles. The summed E-state index contributed by atoms with van der Waals surface area (Å²) < 4.78 is 4.02. The minimum atomic E-state index is 0.0368. The fourth-order valence-electron chi connectivity index (χ4n) is 5.17. The van der Waals surface area contributed by atoms with Crippen LogP contribution in [0, 0.1) is 6.92 Å². The largest absolute Gasteiger partial charge is 0.371 e. The minimum Gasteiger partial charge on any atom is -0.371 e. The van der Waals surface area contributed by atoms with E-state index in [-0.39, 0.29) is 24.0 Å². The second-order valence-electron chi connectivity index (χ2n) is 9.61. The molecule has 3 N–H and O–H groups in total. The fourth-order valence-corrected chi connectivity index (χ4v) is 5.17. The first-order valence-corrected chi connectivity index (χ1v) is 12.3. The highest BCUT2D eigenvalue weighted by Crippen LogP contribution is 2.31. The monoisotopic (exact) mass is 475 g/mol. The Morgan fingerprint density at radius 3 is 2.49 bits per heavy atom. The number of fused-ring (bicyclic) bond motifs is 2. The molecule has 0 unspecified atom stereocenters. The summed E-state index contributed by atoms with van der Waals surface area (Å²) in [6.07, 6.45) is 5.78. The molecule has 5 rings (SSSR count). The number of aryl methyl sites for hydroxylation is 1. The van der Waals surface area contributed by atoms with E-state index in [4.69, 9.17) is 15.1 Å². The Bertz CT molecular complexity index is 1380. The first-order valence-electron chi connectivity index (χ1n) is 12.3. The molecule has 10 nitrogen and oxygen atoms in total. The van der Waals surface area contributed by atoms with Gasteiger partial charge in [0.2, 0.25) is 11.9 Å². The maximum Gasteiger partial charge on any atom is 0.243 e. The van der Waals surface area contributed by atoms with Gasteiger partial charge in [0.1, 0.15) is 16.9 Å². The first kappa shape index (κ1) is 23.1. The zero-order chi connectivity index (χ0) is 24.7. The van der Waals surface area contributed by atoms with E-state index in [1.165, 1.54) is 0 Å². The van der Waals surface area contributed by atoms with E-state index in [2.05, 4.69) is 39.3 Å². The number of amides is 1. The SMILES string of the molecule is CNc1nc(NC2CCC(NC(C)=O)CC2)nn2ccc(-c3ccc4nc(C)n(C(C)C)c4n3)c12. The summed E-state index contributed by atoms with van der Waals surface area (Å²) in [5.74, 6) is 2.32. The van der Waals surface area contributed by atoms with E-state index in [9.17, 15) is 4.79 Å². The van der Waals surface area contributed by atoms with Crippen molar-refractivity contribution in [3.05, 3.63) is 30.2 Å². The Balaban J connectivity index is 1.44. The average molecular weight is 476 g/mol. The van der Waals surface area contributed by atoms with Gasteiger partial charge >= 0.3 is 0 Å². The molecule has 4 heterocycles. The van der Waals surface area contributed by atoms with Crippen molar-refractivity contribution in [2.24, 2.45) is 0 Å². The summed E-state index contributed by atoms with van der Waals surface area (Å²) in [5, 5.41) is 14.5. The van der Waals surface area contributed by atoms with Crippen molar-refractivity contribution < 1.29 is 4.79 Å². The van der Waals surface area contributed by atoms with E-state index in [0.29, 0.717) is 5.95 Å². The summed E-state index contributed by atoms with van der Waals surface area (Å²) in [6.45, 7) is 7.88. The Labute approximate surface area is 204 Å². The molecule has 0 aliphatic heterocycles. The molecule has 1 aliphatic carbocycles. The predicted octanol–water partition coefficient (Wildman–Crippen LogP) is 3.93. The molecule has 0 bridgehead atoms. The lowest BCUT2D eigenvalue weighted by molar-refractivity contribution is -0.119. The maximum atomic E-state index is 11.3. The van der Waals surface area contributed by atoms with Crippen molar-refractivity contribution in [1.82, 2.24) is 34.4 Å². The zero-order valence-corrected chi connectivity index (χ0v) is 21.0. The molecule has 1 saturated carbocycles. The molecule has 0 saturated heterocycles. The third kappa shape index (κ3) is 4.40. The normalized spacial score (nSPS) is 18.3. The van der Waals surface area contributed by atoms with Crippen LogP contribution >= 0.6 is 0 Å². The van der Waals surface area contributed by atoms with Crippen molar-refractivity contribution in [2.75, 3.05) is 17.7 Å². The number of nitrogens with zero attached hydrogens (tertiary/aromatic N) is 6. The lowest BCUT2D eigenvalue weighted by Crippen LogP contribution is -2.39. The number of hydrogen-bond donors (Lipinski definition) is 3. The van der Waals surface area contributed by atoms with Crippen LogP contribution in [0.4, 0.5) is 11.8 Å². The molecular formula is C25H33N9O. The van der Waals surface area contributed by atoms with Gasteiger partial charge in [-0.1, -0.05) is 0 Å². The number of pyridine rings is 1. The van der Waals surface area contributed by atoms with Gasteiger partial charge in [-0.25, -0.2) is 14.5 Å². The summed E-state index contributed by atoms with van der Waals surface area (Å²) in [6, 6.07) is 6.88. The van der Waals surface area contributed by atoms with Crippen molar-refractivity contribution in [1.29, 1.82) is 0 Å². The van der Waals surface area contributed by atoms with Crippen molar-refractivity contribution in [3.63, 3.8) is 0 Å². The van der Waals surface area contributed by atoms with Crippen LogP contribution in [0.1, 0.15) is 58.3 Å². The quantitative estimate of drug-likeness (QED) is 0.387. The van der Waals surface area contributed by atoms with E-state index < -0.39 is 0 Å². The molecular weight excluding hydrogens is 442 g/mol. The number of nitrogens with one attached hydrogen (secondary N) is 3. The molecule has 0 radical (unpaired) electrons. The number of aromatic nitrogens is 6. The van der Waals surface area contributed by atoms with E-state index in [0.717, 1.165) is 65.3 Å². The Kier molecular flexibility index (Phi) is 6.04.